The Kier molecular flexibility index (Phi) is 4.03. The number of aryl methyl sites for hydroxylation is 1. The number of hydrogen-bond acceptors (Lipinski definition) is 3. The lowest BCUT2D eigenvalue weighted by Crippen LogP contribution is -2.57. The first kappa shape index (κ1) is 13.6. The fourth-order valence-corrected chi connectivity index (χ4v) is 3.09. The molecule has 4 heteroatoms. The molecule has 1 amide bonds. The summed E-state index contributed by atoms with van der Waals surface area (Å²) in [6, 6.07) is 6.57. The molecule has 1 heterocycles. The highest BCUT2D eigenvalue weighted by atomic mass is 16.2. The third kappa shape index (κ3) is 2.86. The van der Waals surface area contributed by atoms with Gasteiger partial charge < -0.3 is 16.0 Å². The second kappa shape index (κ2) is 5.94. The molecule has 2 atom stereocenters. The van der Waals surface area contributed by atoms with Crippen LogP contribution < -0.4 is 16.0 Å². The summed E-state index contributed by atoms with van der Waals surface area (Å²) in [7, 11) is 0. The number of anilines is 1. The normalized spacial score (nSPS) is 25.9. The van der Waals surface area contributed by atoms with Crippen molar-refractivity contribution in [2.24, 2.45) is 0 Å². The zero-order valence-electron chi connectivity index (χ0n) is 12.0. The van der Waals surface area contributed by atoms with Crippen molar-refractivity contribution < 1.29 is 4.79 Å². The summed E-state index contributed by atoms with van der Waals surface area (Å²) in [5, 5.41) is 9.75. The summed E-state index contributed by atoms with van der Waals surface area (Å²) in [5.74, 6) is 0.0726. The number of amides is 1. The molecule has 1 aliphatic heterocycles. The summed E-state index contributed by atoms with van der Waals surface area (Å²) in [6.45, 7) is 3.65. The van der Waals surface area contributed by atoms with E-state index in [1.165, 1.54) is 24.0 Å². The largest absolute Gasteiger partial charge is 0.324 e. The molecule has 4 nitrogen and oxygen atoms in total. The Morgan fingerprint density at radius 1 is 1.20 bits per heavy atom. The molecule has 0 radical (unpaired) electrons. The van der Waals surface area contributed by atoms with Crippen LogP contribution in [0.4, 0.5) is 5.69 Å². The van der Waals surface area contributed by atoms with Crippen LogP contribution in [0.5, 0.6) is 0 Å². The van der Waals surface area contributed by atoms with Crippen molar-refractivity contribution in [2.75, 3.05) is 18.4 Å². The van der Waals surface area contributed by atoms with Gasteiger partial charge in [0.15, 0.2) is 0 Å². The van der Waals surface area contributed by atoms with Gasteiger partial charge in [-0.2, -0.15) is 0 Å². The van der Waals surface area contributed by atoms with E-state index >= 15 is 0 Å². The summed E-state index contributed by atoms with van der Waals surface area (Å²) >= 11 is 0. The van der Waals surface area contributed by atoms with Crippen LogP contribution in [-0.2, 0) is 17.6 Å². The highest BCUT2D eigenvalue weighted by molar-refractivity contribution is 5.96. The summed E-state index contributed by atoms with van der Waals surface area (Å²) in [5.41, 5.74) is 3.74. The number of benzene rings is 1. The van der Waals surface area contributed by atoms with Crippen molar-refractivity contribution >= 4 is 11.6 Å². The van der Waals surface area contributed by atoms with Crippen LogP contribution in [0, 0.1) is 0 Å². The summed E-state index contributed by atoms with van der Waals surface area (Å²) in [6.07, 6.45) is 4.70. The van der Waals surface area contributed by atoms with E-state index in [4.69, 9.17) is 0 Å². The minimum Gasteiger partial charge on any atom is -0.324 e. The van der Waals surface area contributed by atoms with Gasteiger partial charge in [-0.05, 0) is 49.8 Å². The van der Waals surface area contributed by atoms with Gasteiger partial charge in [-0.3, -0.25) is 4.79 Å². The van der Waals surface area contributed by atoms with E-state index in [2.05, 4.69) is 28.9 Å². The quantitative estimate of drug-likeness (QED) is 0.764. The van der Waals surface area contributed by atoms with Gasteiger partial charge in [0.1, 0.15) is 0 Å². The van der Waals surface area contributed by atoms with Crippen molar-refractivity contribution in [3.63, 3.8) is 0 Å². The molecule has 1 fully saturated rings. The molecule has 20 heavy (non-hydrogen) atoms. The molecular weight excluding hydrogens is 250 g/mol. The van der Waals surface area contributed by atoms with Gasteiger partial charge in [0, 0.05) is 24.8 Å². The van der Waals surface area contributed by atoms with Crippen LogP contribution in [0.15, 0.2) is 18.2 Å². The van der Waals surface area contributed by atoms with Crippen LogP contribution >= 0.6 is 0 Å². The maximum absolute atomic E-state index is 12.3. The first-order chi connectivity index (χ1) is 9.74. The van der Waals surface area contributed by atoms with Gasteiger partial charge in [0.25, 0.3) is 0 Å². The molecule has 0 bridgehead atoms. The van der Waals surface area contributed by atoms with E-state index in [1.807, 2.05) is 12.1 Å². The molecule has 2 unspecified atom stereocenters. The van der Waals surface area contributed by atoms with Crippen molar-refractivity contribution in [3.8, 4) is 0 Å². The lowest BCUT2D eigenvalue weighted by molar-refractivity contribution is -0.118. The van der Waals surface area contributed by atoms with Gasteiger partial charge in [-0.15, -0.1) is 0 Å². The van der Waals surface area contributed by atoms with E-state index in [0.29, 0.717) is 12.6 Å². The first-order valence-electron chi connectivity index (χ1n) is 7.62. The Morgan fingerprint density at radius 2 is 2.05 bits per heavy atom. The molecule has 0 aromatic heterocycles. The van der Waals surface area contributed by atoms with Gasteiger partial charge >= 0.3 is 0 Å². The molecule has 1 saturated heterocycles. The number of carbonyl (C=O) groups excluding carboxylic acids is 1. The number of piperazine rings is 1. The van der Waals surface area contributed by atoms with E-state index in [0.717, 1.165) is 25.1 Å². The molecule has 3 rings (SSSR count). The molecule has 108 valence electrons. The van der Waals surface area contributed by atoms with E-state index < -0.39 is 0 Å². The number of carbonyl (C=O) groups is 1. The van der Waals surface area contributed by atoms with Gasteiger partial charge in [-0.25, -0.2) is 0 Å². The summed E-state index contributed by atoms with van der Waals surface area (Å²) < 4.78 is 0. The highest BCUT2D eigenvalue weighted by Crippen LogP contribution is 2.27. The molecule has 0 spiro atoms. The number of hydrogen-bond donors (Lipinski definition) is 3. The maximum Gasteiger partial charge on any atom is 0.242 e. The molecular formula is C16H23N3O. The minimum atomic E-state index is -0.134. The zero-order chi connectivity index (χ0) is 13.9. The van der Waals surface area contributed by atoms with E-state index in [9.17, 15) is 4.79 Å². The van der Waals surface area contributed by atoms with E-state index in [-0.39, 0.29) is 11.9 Å². The highest BCUT2D eigenvalue weighted by Gasteiger charge is 2.24. The van der Waals surface area contributed by atoms with Crippen molar-refractivity contribution in [1.82, 2.24) is 10.6 Å². The van der Waals surface area contributed by atoms with Crippen molar-refractivity contribution in [2.45, 2.75) is 44.7 Å². The lowest BCUT2D eigenvalue weighted by atomic mass is 9.90. The van der Waals surface area contributed by atoms with Crippen LogP contribution in [0.2, 0.25) is 0 Å². The van der Waals surface area contributed by atoms with Gasteiger partial charge in [0.05, 0.1) is 6.04 Å². The Morgan fingerprint density at radius 3 is 2.85 bits per heavy atom. The van der Waals surface area contributed by atoms with E-state index in [1.54, 1.807) is 0 Å². The first-order valence-corrected chi connectivity index (χ1v) is 7.62. The Labute approximate surface area is 120 Å². The molecule has 0 saturated carbocycles. The number of fused-ring (bicyclic) bond motifs is 1. The average molecular weight is 273 g/mol. The Hall–Kier alpha value is -1.39. The van der Waals surface area contributed by atoms with Crippen LogP contribution in [0.3, 0.4) is 0 Å². The van der Waals surface area contributed by atoms with Crippen molar-refractivity contribution in [3.05, 3.63) is 29.3 Å². The molecule has 1 aromatic carbocycles. The Balaban J connectivity index is 1.70. The molecule has 1 aromatic rings. The predicted octanol–water partition coefficient (Wildman–Crippen LogP) is 1.45. The lowest BCUT2D eigenvalue weighted by Gasteiger charge is -2.29. The molecule has 3 N–H and O–H groups in total. The third-order valence-corrected chi connectivity index (χ3v) is 4.31. The summed E-state index contributed by atoms with van der Waals surface area (Å²) in [4.78, 5) is 12.3. The fourth-order valence-electron chi connectivity index (χ4n) is 3.09. The SMILES string of the molecule is CC1CNC(C(=O)Nc2cccc3c2CCCC3)CN1. The fraction of sp³-hybridized carbons (Fsp3) is 0.562. The van der Waals surface area contributed by atoms with Gasteiger partial charge in [0.2, 0.25) is 5.91 Å². The second-order valence-corrected chi connectivity index (χ2v) is 5.91. The second-order valence-electron chi connectivity index (χ2n) is 5.91. The smallest absolute Gasteiger partial charge is 0.242 e. The predicted molar refractivity (Wildman–Crippen MR) is 81.0 cm³/mol. The van der Waals surface area contributed by atoms with Gasteiger partial charge in [-0.1, -0.05) is 12.1 Å². The van der Waals surface area contributed by atoms with Crippen LogP contribution in [0.25, 0.3) is 0 Å². The molecule has 1 aliphatic carbocycles. The standard InChI is InChI=1S/C16H23N3O/c1-11-9-18-15(10-17-11)16(20)19-14-8-4-6-12-5-2-3-7-13(12)14/h4,6,8,11,15,17-18H,2-3,5,7,9-10H2,1H3,(H,19,20). The van der Waals surface area contributed by atoms with Crippen LogP contribution in [-0.4, -0.2) is 31.1 Å². The zero-order valence-corrected chi connectivity index (χ0v) is 12.0. The number of nitrogens with one attached hydrogen (secondary N) is 3. The average Bonchev–Trinajstić information content (AvgIpc) is 2.48. The van der Waals surface area contributed by atoms with Crippen LogP contribution in [0.1, 0.15) is 30.9 Å². The minimum absolute atomic E-state index is 0.0726. The van der Waals surface area contributed by atoms with Crippen molar-refractivity contribution in [1.29, 1.82) is 0 Å². The monoisotopic (exact) mass is 273 g/mol. The third-order valence-electron chi connectivity index (χ3n) is 4.31. The molecule has 2 aliphatic rings. The maximum atomic E-state index is 12.3. The topological polar surface area (TPSA) is 53.2 Å². The number of rotatable bonds is 2. The Bertz CT molecular complexity index is 492.